The van der Waals surface area contributed by atoms with Crippen LogP contribution in [0, 0.1) is 12.8 Å². The summed E-state index contributed by atoms with van der Waals surface area (Å²) in [5.41, 5.74) is 1.21. The van der Waals surface area contributed by atoms with Gasteiger partial charge in [-0.1, -0.05) is 13.3 Å². The number of hydrogen-bond acceptors (Lipinski definition) is 4. The van der Waals surface area contributed by atoms with E-state index in [2.05, 4.69) is 6.92 Å². The number of carbonyl (C=O) groups is 2. The summed E-state index contributed by atoms with van der Waals surface area (Å²) < 4.78 is 5.23. The van der Waals surface area contributed by atoms with Gasteiger partial charge < -0.3 is 14.7 Å². The first-order valence-corrected chi connectivity index (χ1v) is 7.94. The molecule has 6 heteroatoms. The highest BCUT2D eigenvalue weighted by atomic mass is 32.1. The Morgan fingerprint density at radius 1 is 1.48 bits per heavy atom. The summed E-state index contributed by atoms with van der Waals surface area (Å²) in [6.07, 6.45) is 2.00. The number of nitrogens with zero attached hydrogens (tertiary/aromatic N) is 1. The molecule has 1 saturated heterocycles. The number of aliphatic carboxylic acids is 1. The Kier molecular flexibility index (Phi) is 5.00. The van der Waals surface area contributed by atoms with Gasteiger partial charge in [0.1, 0.15) is 5.92 Å². The first-order valence-electron chi connectivity index (χ1n) is 7.12. The molecule has 0 bridgehead atoms. The van der Waals surface area contributed by atoms with Gasteiger partial charge in [0.05, 0.1) is 24.1 Å². The maximum Gasteiger partial charge on any atom is 0.311 e. The van der Waals surface area contributed by atoms with E-state index >= 15 is 0 Å². The molecule has 1 fully saturated rings. The van der Waals surface area contributed by atoms with E-state index in [0.717, 1.165) is 17.7 Å². The van der Waals surface area contributed by atoms with Crippen LogP contribution in [-0.2, 0) is 16.0 Å². The fourth-order valence-corrected chi connectivity index (χ4v) is 3.68. The molecule has 1 aromatic rings. The van der Waals surface area contributed by atoms with Gasteiger partial charge in [0.15, 0.2) is 0 Å². The lowest BCUT2D eigenvalue weighted by Gasteiger charge is -2.25. The second-order valence-electron chi connectivity index (χ2n) is 5.41. The highest BCUT2D eigenvalue weighted by Gasteiger charge is 2.39. The van der Waals surface area contributed by atoms with Crippen molar-refractivity contribution < 1.29 is 19.4 Å². The van der Waals surface area contributed by atoms with Crippen LogP contribution in [0.1, 0.15) is 33.5 Å². The maximum absolute atomic E-state index is 12.6. The number of ether oxygens (including phenoxy) is 1. The second kappa shape index (κ2) is 6.58. The number of carboxylic acid groups (broad SMARTS) is 1. The van der Waals surface area contributed by atoms with Gasteiger partial charge in [-0.3, -0.25) is 9.59 Å². The predicted molar refractivity (Wildman–Crippen MR) is 80.9 cm³/mol. The number of aryl methyl sites for hydroxylation is 2. The summed E-state index contributed by atoms with van der Waals surface area (Å²) in [6.45, 7) is 4.58. The van der Waals surface area contributed by atoms with Gasteiger partial charge in [0, 0.05) is 11.9 Å². The van der Waals surface area contributed by atoms with Crippen molar-refractivity contribution in [1.82, 2.24) is 4.90 Å². The molecule has 1 aliphatic heterocycles. The minimum Gasteiger partial charge on any atom is -0.481 e. The van der Waals surface area contributed by atoms with Crippen LogP contribution in [0.15, 0.2) is 6.07 Å². The molecule has 116 valence electrons. The Labute approximate surface area is 128 Å². The standard InChI is InChI=1S/C15H21NO4S/c1-4-5-10-6-13(21-9(10)2)14(17)16(3)12-8-20-7-11(12)15(18)19/h6,11-12H,4-5,7-8H2,1-3H3,(H,18,19). The zero-order valence-electron chi connectivity index (χ0n) is 12.6. The molecule has 0 aliphatic carbocycles. The lowest BCUT2D eigenvalue weighted by molar-refractivity contribution is -0.142. The smallest absolute Gasteiger partial charge is 0.311 e. The third kappa shape index (κ3) is 3.27. The summed E-state index contributed by atoms with van der Waals surface area (Å²) in [5, 5.41) is 9.19. The molecule has 0 aromatic carbocycles. The van der Waals surface area contributed by atoms with Crippen LogP contribution in [0.25, 0.3) is 0 Å². The first kappa shape index (κ1) is 16.0. The molecule has 21 heavy (non-hydrogen) atoms. The molecule has 1 amide bonds. The number of carboxylic acids is 1. The summed E-state index contributed by atoms with van der Waals surface area (Å²) >= 11 is 1.48. The van der Waals surface area contributed by atoms with E-state index in [1.807, 2.05) is 13.0 Å². The van der Waals surface area contributed by atoms with Crippen molar-refractivity contribution in [2.24, 2.45) is 5.92 Å². The molecule has 0 radical (unpaired) electrons. The lowest BCUT2D eigenvalue weighted by atomic mass is 10.0. The first-order chi connectivity index (χ1) is 9.95. The number of thiophene rings is 1. The van der Waals surface area contributed by atoms with Gasteiger partial charge in [-0.15, -0.1) is 11.3 Å². The van der Waals surface area contributed by atoms with Crippen LogP contribution >= 0.6 is 11.3 Å². The molecule has 1 aromatic heterocycles. The third-order valence-corrected chi connectivity index (χ3v) is 5.02. The molecular formula is C15H21NO4S. The molecular weight excluding hydrogens is 290 g/mol. The normalized spacial score (nSPS) is 21.5. The van der Waals surface area contributed by atoms with E-state index in [-0.39, 0.29) is 19.1 Å². The number of hydrogen-bond donors (Lipinski definition) is 1. The van der Waals surface area contributed by atoms with Gasteiger partial charge in [-0.25, -0.2) is 0 Å². The minimum absolute atomic E-state index is 0.118. The Morgan fingerprint density at radius 2 is 2.19 bits per heavy atom. The van der Waals surface area contributed by atoms with Crippen LogP contribution in [-0.4, -0.2) is 48.2 Å². The molecule has 1 N–H and O–H groups in total. The van der Waals surface area contributed by atoms with E-state index in [1.165, 1.54) is 21.8 Å². The number of rotatable bonds is 5. The Hall–Kier alpha value is -1.40. The maximum atomic E-state index is 12.6. The third-order valence-electron chi connectivity index (χ3n) is 3.94. The van der Waals surface area contributed by atoms with Crippen LogP contribution in [0.2, 0.25) is 0 Å². The van der Waals surface area contributed by atoms with Gasteiger partial charge in [-0.2, -0.15) is 0 Å². The highest BCUT2D eigenvalue weighted by Crippen LogP contribution is 2.26. The molecule has 1 aliphatic rings. The average Bonchev–Trinajstić information content (AvgIpc) is 3.05. The average molecular weight is 311 g/mol. The zero-order valence-corrected chi connectivity index (χ0v) is 13.4. The summed E-state index contributed by atoms with van der Waals surface area (Å²) in [4.78, 5) is 27.1. The van der Waals surface area contributed by atoms with E-state index in [0.29, 0.717) is 4.88 Å². The highest BCUT2D eigenvalue weighted by molar-refractivity contribution is 7.14. The fourth-order valence-electron chi connectivity index (χ4n) is 2.63. The number of amides is 1. The quantitative estimate of drug-likeness (QED) is 0.905. The number of likely N-dealkylation sites (N-methyl/N-ethyl adjacent to an activating group) is 1. The summed E-state index contributed by atoms with van der Waals surface area (Å²) in [6, 6.07) is 1.54. The van der Waals surface area contributed by atoms with Crippen molar-refractivity contribution in [3.05, 3.63) is 21.4 Å². The van der Waals surface area contributed by atoms with Crippen molar-refractivity contribution in [2.75, 3.05) is 20.3 Å². The Bertz CT molecular complexity index is 540. The largest absolute Gasteiger partial charge is 0.481 e. The summed E-state index contributed by atoms with van der Waals surface area (Å²) in [7, 11) is 1.66. The monoisotopic (exact) mass is 311 g/mol. The van der Waals surface area contributed by atoms with E-state index in [9.17, 15) is 14.7 Å². The van der Waals surface area contributed by atoms with Crippen molar-refractivity contribution in [1.29, 1.82) is 0 Å². The molecule has 2 heterocycles. The van der Waals surface area contributed by atoms with Gasteiger partial charge in [0.2, 0.25) is 0 Å². The van der Waals surface area contributed by atoms with Crippen molar-refractivity contribution >= 4 is 23.2 Å². The van der Waals surface area contributed by atoms with Crippen LogP contribution in [0.3, 0.4) is 0 Å². The van der Waals surface area contributed by atoms with E-state index in [1.54, 1.807) is 7.05 Å². The van der Waals surface area contributed by atoms with Crippen LogP contribution in [0.4, 0.5) is 0 Å². The van der Waals surface area contributed by atoms with E-state index in [4.69, 9.17) is 4.74 Å². The minimum atomic E-state index is -0.911. The zero-order chi connectivity index (χ0) is 15.6. The molecule has 0 saturated carbocycles. The Morgan fingerprint density at radius 3 is 2.81 bits per heavy atom. The van der Waals surface area contributed by atoms with Crippen LogP contribution in [0.5, 0.6) is 0 Å². The van der Waals surface area contributed by atoms with Crippen molar-refractivity contribution in [3.63, 3.8) is 0 Å². The van der Waals surface area contributed by atoms with Gasteiger partial charge >= 0.3 is 5.97 Å². The second-order valence-corrected chi connectivity index (χ2v) is 6.66. The molecule has 5 nitrogen and oxygen atoms in total. The summed E-state index contributed by atoms with van der Waals surface area (Å²) in [5.74, 6) is -1.67. The lowest BCUT2D eigenvalue weighted by Crippen LogP contribution is -2.43. The van der Waals surface area contributed by atoms with Crippen molar-refractivity contribution in [3.8, 4) is 0 Å². The molecule has 0 spiro atoms. The topological polar surface area (TPSA) is 66.8 Å². The predicted octanol–water partition coefficient (Wildman–Crippen LogP) is 2.18. The Balaban J connectivity index is 2.15. The fraction of sp³-hybridized carbons (Fsp3) is 0.600. The molecule has 2 atom stereocenters. The van der Waals surface area contributed by atoms with Crippen LogP contribution < -0.4 is 0 Å². The number of carbonyl (C=O) groups excluding carboxylic acids is 1. The molecule has 2 unspecified atom stereocenters. The SMILES string of the molecule is CCCc1cc(C(=O)N(C)C2COCC2C(=O)O)sc1C. The van der Waals surface area contributed by atoms with Gasteiger partial charge in [-0.05, 0) is 25.0 Å². The van der Waals surface area contributed by atoms with Crippen molar-refractivity contribution in [2.45, 2.75) is 32.7 Å². The van der Waals surface area contributed by atoms with Gasteiger partial charge in [0.25, 0.3) is 5.91 Å². The van der Waals surface area contributed by atoms with E-state index < -0.39 is 17.9 Å². The molecule has 2 rings (SSSR count).